The minimum absolute atomic E-state index is 0.00368. The van der Waals surface area contributed by atoms with Gasteiger partial charge >= 0.3 is 6.03 Å². The maximum Gasteiger partial charge on any atom is 0.319 e. The summed E-state index contributed by atoms with van der Waals surface area (Å²) in [5.41, 5.74) is 1.72. The predicted molar refractivity (Wildman–Crippen MR) is 99.3 cm³/mol. The molecule has 2 aromatic rings. The number of aromatic nitrogens is 1. The predicted octanol–water partition coefficient (Wildman–Crippen LogP) is 3.16. The molecule has 0 aliphatic rings. The summed E-state index contributed by atoms with van der Waals surface area (Å²) in [5, 5.41) is 5.63. The second-order valence-electron chi connectivity index (χ2n) is 5.75. The minimum atomic E-state index is -0.262. The first-order chi connectivity index (χ1) is 12.1. The number of nitrogens with zero attached hydrogens (tertiary/aromatic N) is 1. The minimum Gasteiger partial charge on any atom is -0.492 e. The van der Waals surface area contributed by atoms with Crippen LogP contribution in [-0.4, -0.2) is 23.7 Å². The van der Waals surface area contributed by atoms with E-state index in [1.807, 2.05) is 38.1 Å². The van der Waals surface area contributed by atoms with E-state index < -0.39 is 0 Å². The summed E-state index contributed by atoms with van der Waals surface area (Å²) in [4.78, 5) is 23.6. The zero-order valence-electron chi connectivity index (χ0n) is 14.7. The van der Waals surface area contributed by atoms with Gasteiger partial charge in [0, 0.05) is 25.4 Å². The molecule has 6 nitrogen and oxygen atoms in total. The largest absolute Gasteiger partial charge is 0.492 e. The molecule has 0 fully saturated rings. The number of amides is 2. The highest BCUT2D eigenvalue weighted by molar-refractivity contribution is 5.90. The Bertz CT molecular complexity index is 756. The molecule has 0 spiro atoms. The van der Waals surface area contributed by atoms with Crippen LogP contribution in [0.3, 0.4) is 0 Å². The first-order valence-corrected chi connectivity index (χ1v) is 8.54. The zero-order valence-corrected chi connectivity index (χ0v) is 14.7. The number of aryl methyl sites for hydroxylation is 2. The Morgan fingerprint density at radius 2 is 2.04 bits per heavy atom. The average molecular weight is 343 g/mol. The smallest absolute Gasteiger partial charge is 0.319 e. The number of nitrogens with one attached hydrogen (secondary N) is 2. The molecule has 0 saturated carbocycles. The Balaban J connectivity index is 1.74. The van der Waals surface area contributed by atoms with Gasteiger partial charge in [-0.1, -0.05) is 12.1 Å². The van der Waals surface area contributed by atoms with E-state index in [0.29, 0.717) is 31.1 Å². The number of carbonyl (C=O) groups excluding carboxylic acids is 1. The van der Waals surface area contributed by atoms with E-state index in [1.165, 1.54) is 0 Å². The van der Waals surface area contributed by atoms with Crippen molar-refractivity contribution in [2.24, 2.45) is 0 Å². The van der Waals surface area contributed by atoms with Crippen LogP contribution in [0.1, 0.15) is 25.3 Å². The van der Waals surface area contributed by atoms with Gasteiger partial charge in [0.1, 0.15) is 5.75 Å². The van der Waals surface area contributed by atoms with E-state index in [0.717, 1.165) is 18.4 Å². The van der Waals surface area contributed by atoms with Crippen LogP contribution in [0.4, 0.5) is 10.5 Å². The van der Waals surface area contributed by atoms with Crippen molar-refractivity contribution in [2.45, 2.75) is 33.2 Å². The maximum absolute atomic E-state index is 12.0. The highest BCUT2D eigenvalue weighted by atomic mass is 16.5. The lowest BCUT2D eigenvalue weighted by molar-refractivity contribution is 0.251. The Kier molecular flexibility index (Phi) is 7.07. The number of rotatable bonds is 8. The quantitative estimate of drug-likeness (QED) is 0.723. The molecule has 1 aromatic heterocycles. The summed E-state index contributed by atoms with van der Waals surface area (Å²) in [6, 6.07) is 10.5. The number of carbonyl (C=O) groups is 1. The van der Waals surface area contributed by atoms with Crippen molar-refractivity contribution >= 4 is 11.7 Å². The van der Waals surface area contributed by atoms with Gasteiger partial charge in [-0.15, -0.1) is 0 Å². The summed E-state index contributed by atoms with van der Waals surface area (Å²) >= 11 is 0. The number of benzene rings is 1. The van der Waals surface area contributed by atoms with Gasteiger partial charge in [0.2, 0.25) is 5.56 Å². The van der Waals surface area contributed by atoms with Crippen molar-refractivity contribution in [3.05, 3.63) is 58.5 Å². The van der Waals surface area contributed by atoms with Gasteiger partial charge in [-0.25, -0.2) is 4.79 Å². The molecule has 0 saturated heterocycles. The number of ether oxygens (including phenoxy) is 1. The fourth-order valence-corrected chi connectivity index (χ4v) is 2.43. The second-order valence-corrected chi connectivity index (χ2v) is 5.75. The third-order valence-electron chi connectivity index (χ3n) is 3.70. The maximum atomic E-state index is 12.0. The summed E-state index contributed by atoms with van der Waals surface area (Å²) in [6.07, 6.45) is 3.38. The highest BCUT2D eigenvalue weighted by Crippen LogP contribution is 2.25. The van der Waals surface area contributed by atoms with Crippen LogP contribution >= 0.6 is 0 Å². The van der Waals surface area contributed by atoms with Crippen molar-refractivity contribution in [3.8, 4) is 5.75 Å². The number of pyridine rings is 1. The average Bonchev–Trinajstić information content (AvgIpc) is 2.59. The summed E-state index contributed by atoms with van der Waals surface area (Å²) in [7, 11) is 0. The van der Waals surface area contributed by atoms with E-state index in [1.54, 1.807) is 22.9 Å². The molecule has 0 aliphatic heterocycles. The molecule has 2 rings (SSSR count). The molecule has 1 aromatic carbocycles. The molecule has 0 atom stereocenters. The molecule has 0 bridgehead atoms. The topological polar surface area (TPSA) is 72.4 Å². The van der Waals surface area contributed by atoms with Crippen LogP contribution in [0.15, 0.2) is 47.4 Å². The molecule has 2 amide bonds. The summed E-state index contributed by atoms with van der Waals surface area (Å²) in [6.45, 7) is 5.62. The lowest BCUT2D eigenvalue weighted by Crippen LogP contribution is -2.30. The van der Waals surface area contributed by atoms with Crippen LogP contribution in [0.5, 0.6) is 5.75 Å². The lowest BCUT2D eigenvalue weighted by atomic mass is 10.2. The standard InChI is InChI=1S/C19H25N3O3/c1-3-25-17-14-15(2)9-10-16(17)21-19(24)20-11-5-7-13-22-12-6-4-8-18(22)23/h4,6,8-10,12,14H,3,5,7,11,13H2,1-2H3,(H2,20,21,24). The number of hydrogen-bond acceptors (Lipinski definition) is 3. The summed E-state index contributed by atoms with van der Waals surface area (Å²) in [5.74, 6) is 0.668. The monoisotopic (exact) mass is 343 g/mol. The van der Waals surface area contributed by atoms with Crippen LogP contribution in [-0.2, 0) is 6.54 Å². The Hall–Kier alpha value is -2.76. The van der Waals surface area contributed by atoms with E-state index in [2.05, 4.69) is 10.6 Å². The van der Waals surface area contributed by atoms with E-state index in [9.17, 15) is 9.59 Å². The Labute approximate surface area is 147 Å². The fourth-order valence-electron chi connectivity index (χ4n) is 2.43. The second kappa shape index (κ2) is 9.52. The Morgan fingerprint density at radius 3 is 2.80 bits per heavy atom. The van der Waals surface area contributed by atoms with Crippen LogP contribution in [0.25, 0.3) is 0 Å². The van der Waals surface area contributed by atoms with Gasteiger partial charge in [-0.05, 0) is 50.5 Å². The number of unbranched alkanes of at least 4 members (excludes halogenated alkanes) is 1. The van der Waals surface area contributed by atoms with Crippen molar-refractivity contribution in [1.29, 1.82) is 0 Å². The van der Waals surface area contributed by atoms with Gasteiger partial charge in [-0.2, -0.15) is 0 Å². The normalized spacial score (nSPS) is 10.3. The molecule has 25 heavy (non-hydrogen) atoms. The van der Waals surface area contributed by atoms with Gasteiger partial charge in [-0.3, -0.25) is 4.79 Å². The van der Waals surface area contributed by atoms with Crippen LogP contribution in [0.2, 0.25) is 0 Å². The molecular weight excluding hydrogens is 318 g/mol. The summed E-state index contributed by atoms with van der Waals surface area (Å²) < 4.78 is 7.21. The van der Waals surface area contributed by atoms with Gasteiger partial charge < -0.3 is 19.9 Å². The molecule has 1 heterocycles. The van der Waals surface area contributed by atoms with E-state index in [4.69, 9.17) is 4.74 Å². The highest BCUT2D eigenvalue weighted by Gasteiger charge is 2.07. The molecule has 0 radical (unpaired) electrons. The van der Waals surface area contributed by atoms with E-state index in [-0.39, 0.29) is 11.6 Å². The van der Waals surface area contributed by atoms with Crippen molar-refractivity contribution in [1.82, 2.24) is 9.88 Å². The molecular formula is C19H25N3O3. The molecule has 0 aliphatic carbocycles. The first-order valence-electron chi connectivity index (χ1n) is 8.54. The SMILES string of the molecule is CCOc1cc(C)ccc1NC(=O)NCCCCn1ccccc1=O. The molecule has 2 N–H and O–H groups in total. The lowest BCUT2D eigenvalue weighted by Gasteiger charge is -2.13. The molecule has 6 heteroatoms. The first kappa shape index (κ1) is 18.6. The van der Waals surface area contributed by atoms with E-state index >= 15 is 0 Å². The van der Waals surface area contributed by atoms with Crippen LogP contribution in [0, 0.1) is 6.92 Å². The molecule has 0 unspecified atom stereocenters. The molecule has 134 valence electrons. The van der Waals surface area contributed by atoms with Crippen molar-refractivity contribution < 1.29 is 9.53 Å². The third kappa shape index (κ3) is 5.99. The van der Waals surface area contributed by atoms with Gasteiger partial charge in [0.25, 0.3) is 0 Å². The fraction of sp³-hybridized carbons (Fsp3) is 0.368. The van der Waals surface area contributed by atoms with Crippen LogP contribution < -0.4 is 20.9 Å². The van der Waals surface area contributed by atoms with Crippen molar-refractivity contribution in [3.63, 3.8) is 0 Å². The number of urea groups is 1. The van der Waals surface area contributed by atoms with Gasteiger partial charge in [0.15, 0.2) is 0 Å². The van der Waals surface area contributed by atoms with Crippen molar-refractivity contribution in [2.75, 3.05) is 18.5 Å². The zero-order chi connectivity index (χ0) is 18.1. The number of anilines is 1. The Morgan fingerprint density at radius 1 is 1.20 bits per heavy atom. The number of hydrogen-bond donors (Lipinski definition) is 2. The third-order valence-corrected chi connectivity index (χ3v) is 3.70. The van der Waals surface area contributed by atoms with Gasteiger partial charge in [0.05, 0.1) is 12.3 Å².